The standard InChI is InChI=1S/C17H13FN4O2/c18-12-5-2-1-4-10(12)9-22-14(23)8-11-15(13-6-3-7-24-13)20-17(19)21-16(11)22/h1-7H,8-9H2,(H2,19,20,21). The van der Waals surface area contributed by atoms with Gasteiger partial charge in [0.15, 0.2) is 5.76 Å². The van der Waals surface area contributed by atoms with Crippen molar-refractivity contribution in [2.75, 3.05) is 10.6 Å². The van der Waals surface area contributed by atoms with Crippen molar-refractivity contribution >= 4 is 17.7 Å². The molecule has 3 aromatic rings. The highest BCUT2D eigenvalue weighted by molar-refractivity contribution is 6.02. The molecule has 1 aliphatic rings. The van der Waals surface area contributed by atoms with Crippen molar-refractivity contribution < 1.29 is 13.6 Å². The van der Waals surface area contributed by atoms with E-state index in [4.69, 9.17) is 10.2 Å². The number of hydrogen-bond donors (Lipinski definition) is 1. The lowest BCUT2D eigenvalue weighted by molar-refractivity contribution is -0.117. The van der Waals surface area contributed by atoms with E-state index in [0.717, 1.165) is 0 Å². The Morgan fingerprint density at radius 3 is 2.79 bits per heavy atom. The molecule has 120 valence electrons. The normalized spacial score (nSPS) is 13.4. The number of nitrogens with two attached hydrogens (primary N) is 1. The lowest BCUT2D eigenvalue weighted by atomic mass is 10.1. The zero-order chi connectivity index (χ0) is 16.7. The van der Waals surface area contributed by atoms with Crippen molar-refractivity contribution in [3.05, 3.63) is 59.6 Å². The van der Waals surface area contributed by atoms with Crippen LogP contribution >= 0.6 is 0 Å². The second-order valence-corrected chi connectivity index (χ2v) is 5.46. The monoisotopic (exact) mass is 324 g/mol. The topological polar surface area (TPSA) is 85.2 Å². The SMILES string of the molecule is Nc1nc(-c2ccco2)c2c(n1)N(Cc1ccccc1F)C(=O)C2. The quantitative estimate of drug-likeness (QED) is 0.800. The Morgan fingerprint density at radius 2 is 2.04 bits per heavy atom. The predicted molar refractivity (Wildman–Crippen MR) is 85.4 cm³/mol. The van der Waals surface area contributed by atoms with Gasteiger partial charge in [-0.1, -0.05) is 18.2 Å². The van der Waals surface area contributed by atoms with Gasteiger partial charge in [-0.2, -0.15) is 4.98 Å². The number of aromatic nitrogens is 2. The summed E-state index contributed by atoms with van der Waals surface area (Å²) in [6.45, 7) is 0.0898. The fourth-order valence-electron chi connectivity index (χ4n) is 2.82. The molecule has 0 bridgehead atoms. The number of nitrogens with zero attached hydrogens (tertiary/aromatic N) is 3. The van der Waals surface area contributed by atoms with Gasteiger partial charge in [-0.3, -0.25) is 9.69 Å². The zero-order valence-corrected chi connectivity index (χ0v) is 12.6. The molecule has 0 unspecified atom stereocenters. The van der Waals surface area contributed by atoms with Crippen LogP contribution in [0.2, 0.25) is 0 Å². The van der Waals surface area contributed by atoms with Gasteiger partial charge in [0, 0.05) is 11.1 Å². The first-order chi connectivity index (χ1) is 11.6. The van der Waals surface area contributed by atoms with Crippen LogP contribution in [0, 0.1) is 5.82 Å². The summed E-state index contributed by atoms with van der Waals surface area (Å²) in [5.74, 6) is 0.407. The van der Waals surface area contributed by atoms with E-state index >= 15 is 0 Å². The Bertz CT molecular complexity index is 924. The van der Waals surface area contributed by atoms with Gasteiger partial charge >= 0.3 is 0 Å². The third kappa shape index (κ3) is 2.30. The number of halogens is 1. The first-order valence-corrected chi connectivity index (χ1v) is 7.37. The minimum absolute atomic E-state index is 0.0355. The van der Waals surface area contributed by atoms with Crippen molar-refractivity contribution in [2.24, 2.45) is 0 Å². The van der Waals surface area contributed by atoms with Gasteiger partial charge in [0.25, 0.3) is 0 Å². The lowest BCUT2D eigenvalue weighted by Crippen LogP contribution is -2.27. The number of rotatable bonds is 3. The van der Waals surface area contributed by atoms with Crippen molar-refractivity contribution in [2.45, 2.75) is 13.0 Å². The van der Waals surface area contributed by atoms with Gasteiger partial charge in [0.1, 0.15) is 17.3 Å². The zero-order valence-electron chi connectivity index (χ0n) is 12.6. The second-order valence-electron chi connectivity index (χ2n) is 5.46. The van der Waals surface area contributed by atoms with E-state index in [9.17, 15) is 9.18 Å². The van der Waals surface area contributed by atoms with Gasteiger partial charge < -0.3 is 10.2 Å². The van der Waals surface area contributed by atoms with Crippen molar-refractivity contribution in [1.29, 1.82) is 0 Å². The summed E-state index contributed by atoms with van der Waals surface area (Å²) in [4.78, 5) is 22.3. The van der Waals surface area contributed by atoms with Crippen LogP contribution in [0.15, 0.2) is 47.1 Å². The average molecular weight is 324 g/mol. The van der Waals surface area contributed by atoms with Crippen molar-refractivity contribution in [1.82, 2.24) is 9.97 Å². The molecule has 1 amide bonds. The minimum atomic E-state index is -0.368. The van der Waals surface area contributed by atoms with E-state index < -0.39 is 0 Å². The third-order valence-electron chi connectivity index (χ3n) is 3.93. The minimum Gasteiger partial charge on any atom is -0.463 e. The first kappa shape index (κ1) is 14.4. The number of anilines is 2. The molecule has 0 saturated carbocycles. The maximum atomic E-state index is 13.9. The van der Waals surface area contributed by atoms with Crippen molar-refractivity contribution in [3.63, 3.8) is 0 Å². The summed E-state index contributed by atoms with van der Waals surface area (Å²) >= 11 is 0. The van der Waals surface area contributed by atoms with Crippen LogP contribution in [0.25, 0.3) is 11.5 Å². The van der Waals surface area contributed by atoms with E-state index in [1.54, 1.807) is 30.3 Å². The number of furan rings is 1. The van der Waals surface area contributed by atoms with E-state index in [1.807, 2.05) is 0 Å². The number of hydrogen-bond acceptors (Lipinski definition) is 5. The van der Waals surface area contributed by atoms with Crippen LogP contribution in [0.1, 0.15) is 11.1 Å². The highest BCUT2D eigenvalue weighted by Gasteiger charge is 2.33. The lowest BCUT2D eigenvalue weighted by Gasteiger charge is -2.17. The van der Waals surface area contributed by atoms with E-state index in [2.05, 4.69) is 9.97 Å². The van der Waals surface area contributed by atoms with Gasteiger partial charge in [-0.05, 0) is 18.2 Å². The van der Waals surface area contributed by atoms with Crippen LogP contribution in [0.3, 0.4) is 0 Å². The predicted octanol–water partition coefficient (Wildman–Crippen LogP) is 2.55. The fraction of sp³-hybridized carbons (Fsp3) is 0.118. The van der Waals surface area contributed by atoms with E-state index in [-0.39, 0.29) is 30.6 Å². The molecule has 3 heterocycles. The van der Waals surface area contributed by atoms with Gasteiger partial charge in [-0.15, -0.1) is 0 Å². The van der Waals surface area contributed by atoms with E-state index in [0.29, 0.717) is 28.4 Å². The number of nitrogen functional groups attached to an aromatic ring is 1. The maximum Gasteiger partial charge on any atom is 0.233 e. The molecular weight excluding hydrogens is 311 g/mol. The first-order valence-electron chi connectivity index (χ1n) is 7.37. The molecule has 0 radical (unpaired) electrons. The average Bonchev–Trinajstić information content (AvgIpc) is 3.18. The molecule has 0 aliphatic carbocycles. The molecule has 0 spiro atoms. The summed E-state index contributed by atoms with van der Waals surface area (Å²) < 4.78 is 19.3. The Morgan fingerprint density at radius 1 is 1.21 bits per heavy atom. The summed E-state index contributed by atoms with van der Waals surface area (Å²) in [6.07, 6.45) is 1.65. The van der Waals surface area contributed by atoms with Crippen LogP contribution in [0.5, 0.6) is 0 Å². The summed E-state index contributed by atoms with van der Waals surface area (Å²) in [5.41, 5.74) is 7.34. The molecule has 0 atom stereocenters. The summed E-state index contributed by atoms with van der Waals surface area (Å²) in [5, 5.41) is 0. The smallest absolute Gasteiger partial charge is 0.233 e. The number of benzene rings is 1. The molecule has 1 aromatic carbocycles. The number of amides is 1. The summed E-state index contributed by atoms with van der Waals surface area (Å²) in [6, 6.07) is 9.80. The molecule has 2 N–H and O–H groups in total. The third-order valence-corrected chi connectivity index (χ3v) is 3.93. The molecule has 4 rings (SSSR count). The Kier molecular flexibility index (Phi) is 3.26. The highest BCUT2D eigenvalue weighted by Crippen LogP contribution is 2.36. The molecule has 1 aliphatic heterocycles. The fourth-order valence-corrected chi connectivity index (χ4v) is 2.82. The van der Waals surface area contributed by atoms with Crippen LogP contribution in [0.4, 0.5) is 16.2 Å². The largest absolute Gasteiger partial charge is 0.463 e. The van der Waals surface area contributed by atoms with Crippen LogP contribution < -0.4 is 10.6 Å². The molecule has 2 aromatic heterocycles. The molecular formula is C17H13FN4O2. The maximum absolute atomic E-state index is 13.9. The molecule has 7 heteroatoms. The van der Waals surface area contributed by atoms with Crippen LogP contribution in [-0.4, -0.2) is 15.9 Å². The van der Waals surface area contributed by atoms with Gasteiger partial charge in [0.2, 0.25) is 11.9 Å². The van der Waals surface area contributed by atoms with Crippen LogP contribution in [-0.2, 0) is 17.8 Å². The summed E-state index contributed by atoms with van der Waals surface area (Å²) in [7, 11) is 0. The Hall–Kier alpha value is -3.22. The number of carbonyl (C=O) groups is 1. The second kappa shape index (κ2) is 5.45. The van der Waals surface area contributed by atoms with Crippen molar-refractivity contribution in [3.8, 4) is 11.5 Å². The Balaban J connectivity index is 1.79. The van der Waals surface area contributed by atoms with Gasteiger partial charge in [0.05, 0.1) is 19.2 Å². The molecule has 0 fully saturated rings. The molecule has 0 saturated heterocycles. The van der Waals surface area contributed by atoms with E-state index in [1.165, 1.54) is 17.2 Å². The molecule has 6 nitrogen and oxygen atoms in total. The highest BCUT2D eigenvalue weighted by atomic mass is 19.1. The Labute approximate surface area is 136 Å². The number of fused-ring (bicyclic) bond motifs is 1. The molecule has 24 heavy (non-hydrogen) atoms. The van der Waals surface area contributed by atoms with Gasteiger partial charge in [-0.25, -0.2) is 9.37 Å². The number of carbonyl (C=O) groups excluding carboxylic acids is 1.